The Kier molecular flexibility index (Phi) is 5.31. The highest BCUT2D eigenvalue weighted by Gasteiger charge is 2.24. The minimum absolute atomic E-state index is 0.0180. The number of carbonyl (C=O) groups is 1. The van der Waals surface area contributed by atoms with Crippen LogP contribution in [0.1, 0.15) is 45.9 Å². The first-order valence-corrected chi connectivity index (χ1v) is 8.79. The second-order valence-electron chi connectivity index (χ2n) is 6.69. The summed E-state index contributed by atoms with van der Waals surface area (Å²) < 4.78 is 0. The zero-order chi connectivity index (χ0) is 16.9. The second-order valence-corrected chi connectivity index (χ2v) is 6.69. The molecule has 1 aliphatic heterocycles. The summed E-state index contributed by atoms with van der Waals surface area (Å²) in [7, 11) is 0. The van der Waals surface area contributed by atoms with Crippen LogP contribution in [0.5, 0.6) is 0 Å². The van der Waals surface area contributed by atoms with Crippen molar-refractivity contribution >= 4 is 5.91 Å². The third-order valence-electron chi connectivity index (χ3n) is 4.89. The van der Waals surface area contributed by atoms with E-state index in [1.807, 2.05) is 31.2 Å². The molecule has 1 aliphatic rings. The Balaban J connectivity index is 1.73. The van der Waals surface area contributed by atoms with Gasteiger partial charge in [0.25, 0.3) is 5.91 Å². The Morgan fingerprint density at radius 1 is 1.04 bits per heavy atom. The van der Waals surface area contributed by atoms with E-state index < -0.39 is 0 Å². The number of carbonyl (C=O) groups excluding carboxylic acids is 1. The van der Waals surface area contributed by atoms with Crippen LogP contribution in [-0.2, 0) is 0 Å². The van der Waals surface area contributed by atoms with E-state index in [1.165, 1.54) is 24.0 Å². The number of amides is 1. The molecule has 2 aromatic carbocycles. The lowest BCUT2D eigenvalue weighted by molar-refractivity contribution is 0.0937. The smallest absolute Gasteiger partial charge is 0.251 e. The van der Waals surface area contributed by atoms with Crippen LogP contribution in [0, 0.1) is 13.8 Å². The van der Waals surface area contributed by atoms with Crippen LogP contribution in [0.2, 0.25) is 0 Å². The average Bonchev–Trinajstić information content (AvgIpc) is 3.11. The van der Waals surface area contributed by atoms with Gasteiger partial charge in [-0.25, -0.2) is 0 Å². The van der Waals surface area contributed by atoms with Crippen molar-refractivity contribution < 1.29 is 4.79 Å². The lowest BCUT2D eigenvalue weighted by Crippen LogP contribution is -2.37. The van der Waals surface area contributed by atoms with Crippen molar-refractivity contribution in [1.29, 1.82) is 0 Å². The molecule has 3 rings (SSSR count). The summed E-state index contributed by atoms with van der Waals surface area (Å²) in [6, 6.07) is 16.7. The highest BCUT2D eigenvalue weighted by Crippen LogP contribution is 2.25. The molecule has 0 aliphatic carbocycles. The van der Waals surface area contributed by atoms with Crippen LogP contribution in [0.3, 0.4) is 0 Å². The number of benzene rings is 2. The van der Waals surface area contributed by atoms with Crippen LogP contribution in [0.25, 0.3) is 0 Å². The molecule has 3 heteroatoms. The fourth-order valence-corrected chi connectivity index (χ4v) is 3.41. The maximum atomic E-state index is 12.5. The van der Waals surface area contributed by atoms with Gasteiger partial charge >= 0.3 is 0 Å². The summed E-state index contributed by atoms with van der Waals surface area (Å²) in [5.41, 5.74) is 4.33. The zero-order valence-corrected chi connectivity index (χ0v) is 14.6. The SMILES string of the molecule is Cc1ccc(C(CNC(=O)c2ccccc2C)N2CCCC2)cc1. The molecule has 24 heavy (non-hydrogen) atoms. The van der Waals surface area contributed by atoms with Gasteiger partial charge in [0, 0.05) is 12.1 Å². The number of hydrogen-bond acceptors (Lipinski definition) is 2. The first-order valence-electron chi connectivity index (χ1n) is 8.79. The zero-order valence-electron chi connectivity index (χ0n) is 14.6. The molecule has 1 amide bonds. The quantitative estimate of drug-likeness (QED) is 0.906. The van der Waals surface area contributed by atoms with Gasteiger partial charge in [0.2, 0.25) is 0 Å². The number of rotatable bonds is 5. The van der Waals surface area contributed by atoms with Crippen molar-refractivity contribution in [2.24, 2.45) is 0 Å². The van der Waals surface area contributed by atoms with Crippen LogP contribution < -0.4 is 5.32 Å². The minimum Gasteiger partial charge on any atom is -0.350 e. The van der Waals surface area contributed by atoms with Crippen LogP contribution in [0.15, 0.2) is 48.5 Å². The molecule has 126 valence electrons. The van der Waals surface area contributed by atoms with Crippen molar-refractivity contribution in [3.8, 4) is 0 Å². The van der Waals surface area contributed by atoms with Crippen molar-refractivity contribution in [1.82, 2.24) is 10.2 Å². The molecule has 1 fully saturated rings. The van der Waals surface area contributed by atoms with Crippen molar-refractivity contribution in [3.05, 3.63) is 70.8 Å². The lowest BCUT2D eigenvalue weighted by Gasteiger charge is -2.28. The van der Waals surface area contributed by atoms with Crippen LogP contribution in [0.4, 0.5) is 0 Å². The van der Waals surface area contributed by atoms with E-state index in [4.69, 9.17) is 0 Å². The fourth-order valence-electron chi connectivity index (χ4n) is 3.41. The number of hydrogen-bond donors (Lipinski definition) is 1. The van der Waals surface area contributed by atoms with Gasteiger partial charge in [0.05, 0.1) is 6.04 Å². The standard InChI is InChI=1S/C21H26N2O/c1-16-9-11-18(12-10-16)20(23-13-5-6-14-23)15-22-21(24)19-8-4-3-7-17(19)2/h3-4,7-12,20H,5-6,13-15H2,1-2H3,(H,22,24). The number of aryl methyl sites for hydroxylation is 2. The van der Waals surface area contributed by atoms with Gasteiger partial charge in [-0.05, 0) is 57.0 Å². The van der Waals surface area contributed by atoms with Gasteiger partial charge in [-0.1, -0.05) is 48.0 Å². The Morgan fingerprint density at radius 2 is 1.71 bits per heavy atom. The van der Waals surface area contributed by atoms with Gasteiger partial charge in [0.1, 0.15) is 0 Å². The van der Waals surface area contributed by atoms with Crippen LogP contribution in [-0.4, -0.2) is 30.4 Å². The Hall–Kier alpha value is -2.13. The molecule has 0 aromatic heterocycles. The Bertz CT molecular complexity index is 687. The molecule has 1 atom stereocenters. The van der Waals surface area contributed by atoms with E-state index in [2.05, 4.69) is 41.4 Å². The third kappa shape index (κ3) is 3.85. The first-order chi connectivity index (χ1) is 11.6. The number of nitrogens with zero attached hydrogens (tertiary/aromatic N) is 1. The fraction of sp³-hybridized carbons (Fsp3) is 0.381. The summed E-state index contributed by atoms with van der Waals surface area (Å²) in [5, 5.41) is 3.15. The van der Waals surface area contributed by atoms with Gasteiger partial charge in [-0.3, -0.25) is 9.69 Å². The summed E-state index contributed by atoms with van der Waals surface area (Å²) in [6.45, 7) is 6.95. The maximum Gasteiger partial charge on any atom is 0.251 e. The largest absolute Gasteiger partial charge is 0.350 e. The molecule has 1 unspecified atom stereocenters. The molecular weight excluding hydrogens is 296 g/mol. The van der Waals surface area contributed by atoms with E-state index >= 15 is 0 Å². The Morgan fingerprint density at radius 3 is 2.38 bits per heavy atom. The summed E-state index contributed by atoms with van der Waals surface area (Å²) in [4.78, 5) is 15.0. The minimum atomic E-state index is 0.0180. The van der Waals surface area contributed by atoms with Gasteiger partial charge in [-0.2, -0.15) is 0 Å². The molecule has 0 radical (unpaired) electrons. The van der Waals surface area contributed by atoms with Gasteiger partial charge in [-0.15, -0.1) is 0 Å². The normalized spacial score (nSPS) is 16.1. The van der Waals surface area contributed by atoms with Gasteiger partial charge < -0.3 is 5.32 Å². The van der Waals surface area contributed by atoms with Crippen molar-refractivity contribution in [2.75, 3.05) is 19.6 Å². The average molecular weight is 322 g/mol. The summed E-state index contributed by atoms with van der Waals surface area (Å²) in [6.07, 6.45) is 2.49. The van der Waals surface area contributed by atoms with E-state index in [9.17, 15) is 4.79 Å². The monoisotopic (exact) mass is 322 g/mol. The molecule has 0 spiro atoms. The van der Waals surface area contributed by atoms with Gasteiger partial charge in [0.15, 0.2) is 0 Å². The summed E-state index contributed by atoms with van der Waals surface area (Å²) >= 11 is 0. The lowest BCUT2D eigenvalue weighted by atomic mass is 10.0. The topological polar surface area (TPSA) is 32.3 Å². The molecule has 3 nitrogen and oxygen atoms in total. The molecule has 1 heterocycles. The summed E-state index contributed by atoms with van der Waals surface area (Å²) in [5.74, 6) is 0.0180. The first kappa shape index (κ1) is 16.7. The maximum absolute atomic E-state index is 12.5. The predicted molar refractivity (Wildman–Crippen MR) is 98.2 cm³/mol. The van der Waals surface area contributed by atoms with E-state index in [0.29, 0.717) is 6.54 Å². The van der Waals surface area contributed by atoms with E-state index in [0.717, 1.165) is 24.2 Å². The van der Waals surface area contributed by atoms with Crippen molar-refractivity contribution in [2.45, 2.75) is 32.7 Å². The highest BCUT2D eigenvalue weighted by atomic mass is 16.1. The Labute approximate surface area is 144 Å². The molecular formula is C21H26N2O. The van der Waals surface area contributed by atoms with Crippen molar-refractivity contribution in [3.63, 3.8) is 0 Å². The highest BCUT2D eigenvalue weighted by molar-refractivity contribution is 5.95. The van der Waals surface area contributed by atoms with E-state index in [-0.39, 0.29) is 11.9 Å². The molecule has 0 bridgehead atoms. The predicted octanol–water partition coefficient (Wildman–Crippen LogP) is 3.87. The molecule has 2 aromatic rings. The third-order valence-corrected chi connectivity index (χ3v) is 4.89. The second kappa shape index (κ2) is 7.63. The molecule has 0 saturated carbocycles. The number of nitrogens with one attached hydrogen (secondary N) is 1. The molecule has 1 N–H and O–H groups in total. The van der Waals surface area contributed by atoms with E-state index in [1.54, 1.807) is 0 Å². The molecule has 1 saturated heterocycles. The van der Waals surface area contributed by atoms with Crippen LogP contribution >= 0.6 is 0 Å². The number of likely N-dealkylation sites (tertiary alicyclic amines) is 1.